The van der Waals surface area contributed by atoms with E-state index in [0.717, 1.165) is 38.1 Å². The average molecular weight is 404 g/mol. The highest BCUT2D eigenvalue weighted by molar-refractivity contribution is 14.0. The zero-order chi connectivity index (χ0) is 13.6. The van der Waals surface area contributed by atoms with Gasteiger partial charge in [0.2, 0.25) is 10.0 Å². The van der Waals surface area contributed by atoms with Crippen LogP contribution in [-0.4, -0.2) is 51.7 Å². The number of halogens is 1. The van der Waals surface area contributed by atoms with Crippen molar-refractivity contribution in [1.82, 2.24) is 9.62 Å². The smallest absolute Gasteiger partial charge is 0.208 e. The van der Waals surface area contributed by atoms with Crippen molar-refractivity contribution in [3.05, 3.63) is 0 Å². The predicted octanol–water partition coefficient (Wildman–Crippen LogP) is 0.590. The van der Waals surface area contributed by atoms with E-state index in [9.17, 15) is 8.42 Å². The average Bonchev–Trinajstić information content (AvgIpc) is 2.27. The van der Waals surface area contributed by atoms with Gasteiger partial charge in [-0.05, 0) is 25.2 Å². The molecule has 1 heterocycles. The Labute approximate surface area is 133 Å². The number of hydrogen-bond donors (Lipinski definition) is 2. The van der Waals surface area contributed by atoms with Crippen LogP contribution in [0, 0.1) is 5.92 Å². The van der Waals surface area contributed by atoms with Gasteiger partial charge >= 0.3 is 0 Å². The number of sulfonamides is 1. The van der Waals surface area contributed by atoms with Gasteiger partial charge in [0.05, 0.1) is 6.26 Å². The summed E-state index contributed by atoms with van der Waals surface area (Å²) in [6.45, 7) is 5.16. The normalized spacial score (nSPS) is 18.2. The highest BCUT2D eigenvalue weighted by atomic mass is 127. The molecule has 0 amide bonds. The lowest BCUT2D eigenvalue weighted by atomic mass is 10.00. The number of likely N-dealkylation sites (tertiary alicyclic amines) is 1. The monoisotopic (exact) mass is 404 g/mol. The second kappa shape index (κ2) is 8.96. The number of nitrogens with zero attached hydrogens (tertiary/aromatic N) is 2. The second-order valence-electron chi connectivity index (χ2n) is 4.93. The molecule has 0 aromatic heterocycles. The van der Waals surface area contributed by atoms with Crippen molar-refractivity contribution in [2.24, 2.45) is 16.6 Å². The molecule has 0 bridgehead atoms. The molecule has 1 fully saturated rings. The molecule has 0 aromatic rings. The van der Waals surface area contributed by atoms with E-state index in [0.29, 0.717) is 25.5 Å². The fourth-order valence-electron chi connectivity index (χ4n) is 1.87. The molecule has 0 aliphatic carbocycles. The standard InChI is InChI=1S/C11H24N4O2S.HI/c1-10-4-8-15(9-5-10)11(12)13-6-3-7-14-18(2,16)17;/h10,14H,3-9H2,1-2H3,(H2,12,13);1H. The van der Waals surface area contributed by atoms with Crippen molar-refractivity contribution in [2.75, 3.05) is 32.4 Å². The van der Waals surface area contributed by atoms with Gasteiger partial charge in [0.25, 0.3) is 0 Å². The molecule has 0 spiro atoms. The van der Waals surface area contributed by atoms with Gasteiger partial charge in [-0.3, -0.25) is 4.99 Å². The van der Waals surface area contributed by atoms with Crippen LogP contribution < -0.4 is 10.5 Å². The molecule has 1 saturated heterocycles. The summed E-state index contributed by atoms with van der Waals surface area (Å²) < 4.78 is 24.1. The van der Waals surface area contributed by atoms with Crippen LogP contribution >= 0.6 is 24.0 Å². The van der Waals surface area contributed by atoms with Gasteiger partial charge in [-0.25, -0.2) is 13.1 Å². The molecule has 6 nitrogen and oxygen atoms in total. The third kappa shape index (κ3) is 8.64. The quantitative estimate of drug-likeness (QED) is 0.304. The van der Waals surface area contributed by atoms with Crippen LogP contribution in [0.25, 0.3) is 0 Å². The first-order chi connectivity index (χ1) is 8.38. The minimum atomic E-state index is -3.09. The number of piperidine rings is 1. The third-order valence-electron chi connectivity index (χ3n) is 3.08. The predicted molar refractivity (Wildman–Crippen MR) is 89.3 cm³/mol. The highest BCUT2D eigenvalue weighted by Gasteiger charge is 2.16. The maximum atomic E-state index is 10.8. The Kier molecular flexibility index (Phi) is 8.92. The first kappa shape index (κ1) is 18.9. The van der Waals surface area contributed by atoms with Crippen LogP contribution in [0.3, 0.4) is 0 Å². The minimum Gasteiger partial charge on any atom is -0.370 e. The van der Waals surface area contributed by atoms with Gasteiger partial charge in [-0.2, -0.15) is 0 Å². The lowest BCUT2D eigenvalue weighted by Crippen LogP contribution is -2.42. The summed E-state index contributed by atoms with van der Waals surface area (Å²) in [5.41, 5.74) is 5.90. The highest BCUT2D eigenvalue weighted by Crippen LogP contribution is 2.15. The van der Waals surface area contributed by atoms with Crippen LogP contribution in [0.15, 0.2) is 4.99 Å². The fraction of sp³-hybridized carbons (Fsp3) is 0.909. The summed E-state index contributed by atoms with van der Waals surface area (Å²) in [6, 6.07) is 0. The largest absolute Gasteiger partial charge is 0.370 e. The van der Waals surface area contributed by atoms with Gasteiger partial charge in [0.1, 0.15) is 0 Å². The van der Waals surface area contributed by atoms with Gasteiger partial charge in [-0.1, -0.05) is 6.92 Å². The van der Waals surface area contributed by atoms with Crippen LogP contribution in [0.5, 0.6) is 0 Å². The first-order valence-corrected chi connectivity index (χ1v) is 8.27. The molecular weight excluding hydrogens is 379 g/mol. The molecule has 0 unspecified atom stereocenters. The summed E-state index contributed by atoms with van der Waals surface area (Å²) >= 11 is 0. The van der Waals surface area contributed by atoms with E-state index in [1.54, 1.807) is 0 Å². The summed E-state index contributed by atoms with van der Waals surface area (Å²) in [5, 5.41) is 0. The van der Waals surface area contributed by atoms with Crippen molar-refractivity contribution >= 4 is 40.0 Å². The number of aliphatic imine (C=N–C) groups is 1. The summed E-state index contributed by atoms with van der Waals surface area (Å²) in [7, 11) is -3.09. The minimum absolute atomic E-state index is 0. The van der Waals surface area contributed by atoms with Crippen LogP contribution in [-0.2, 0) is 10.0 Å². The molecule has 0 radical (unpaired) electrons. The Hall–Kier alpha value is -0.0900. The van der Waals surface area contributed by atoms with Crippen molar-refractivity contribution in [2.45, 2.75) is 26.2 Å². The molecule has 114 valence electrons. The van der Waals surface area contributed by atoms with E-state index in [1.807, 2.05) is 0 Å². The molecule has 19 heavy (non-hydrogen) atoms. The number of nitrogens with one attached hydrogen (secondary N) is 1. The maximum Gasteiger partial charge on any atom is 0.208 e. The molecular formula is C11H25IN4O2S. The van der Waals surface area contributed by atoms with Crippen LogP contribution in [0.1, 0.15) is 26.2 Å². The number of rotatable bonds is 5. The summed E-state index contributed by atoms with van der Waals surface area (Å²) in [4.78, 5) is 6.38. The van der Waals surface area contributed by atoms with Crippen molar-refractivity contribution in [3.8, 4) is 0 Å². The summed E-state index contributed by atoms with van der Waals surface area (Å²) in [5.74, 6) is 1.36. The first-order valence-electron chi connectivity index (χ1n) is 6.38. The van der Waals surface area contributed by atoms with Gasteiger partial charge in [0.15, 0.2) is 5.96 Å². The maximum absolute atomic E-state index is 10.8. The molecule has 0 atom stereocenters. The van der Waals surface area contributed by atoms with Crippen LogP contribution in [0.2, 0.25) is 0 Å². The van der Waals surface area contributed by atoms with Crippen LogP contribution in [0.4, 0.5) is 0 Å². The Bertz CT molecular complexity index is 378. The second-order valence-corrected chi connectivity index (χ2v) is 6.76. The molecule has 1 rings (SSSR count). The van der Waals surface area contributed by atoms with E-state index in [-0.39, 0.29) is 24.0 Å². The molecule has 0 saturated carbocycles. The molecule has 0 aromatic carbocycles. The lowest BCUT2D eigenvalue weighted by Gasteiger charge is -2.31. The van der Waals surface area contributed by atoms with E-state index in [1.165, 1.54) is 0 Å². The van der Waals surface area contributed by atoms with Crippen molar-refractivity contribution < 1.29 is 8.42 Å². The molecule has 1 aliphatic heterocycles. The fourth-order valence-corrected chi connectivity index (χ4v) is 2.38. The Morgan fingerprint density at radius 2 is 2.00 bits per heavy atom. The van der Waals surface area contributed by atoms with Crippen molar-refractivity contribution in [3.63, 3.8) is 0 Å². The lowest BCUT2D eigenvalue weighted by molar-refractivity contribution is 0.277. The van der Waals surface area contributed by atoms with Crippen molar-refractivity contribution in [1.29, 1.82) is 0 Å². The topological polar surface area (TPSA) is 87.8 Å². The third-order valence-corrected chi connectivity index (χ3v) is 3.81. The van der Waals surface area contributed by atoms with Gasteiger partial charge in [0, 0.05) is 26.2 Å². The van der Waals surface area contributed by atoms with E-state index >= 15 is 0 Å². The Morgan fingerprint density at radius 3 is 2.53 bits per heavy atom. The Balaban J connectivity index is 0.00000324. The van der Waals surface area contributed by atoms with E-state index < -0.39 is 10.0 Å². The zero-order valence-corrected chi connectivity index (χ0v) is 14.8. The number of nitrogens with two attached hydrogens (primary N) is 1. The molecule has 3 N–H and O–H groups in total. The SMILES string of the molecule is CC1CCN(C(N)=NCCCNS(C)(=O)=O)CC1.I. The number of hydrogen-bond acceptors (Lipinski definition) is 3. The molecule has 1 aliphatic rings. The molecule has 8 heteroatoms. The summed E-state index contributed by atoms with van der Waals surface area (Å²) in [6.07, 6.45) is 4.13. The number of guanidine groups is 1. The Morgan fingerprint density at radius 1 is 1.42 bits per heavy atom. The van der Waals surface area contributed by atoms with Gasteiger partial charge < -0.3 is 10.6 Å². The van der Waals surface area contributed by atoms with Gasteiger partial charge in [-0.15, -0.1) is 24.0 Å². The van der Waals surface area contributed by atoms with E-state index in [4.69, 9.17) is 5.73 Å². The van der Waals surface area contributed by atoms with E-state index in [2.05, 4.69) is 21.5 Å². The zero-order valence-electron chi connectivity index (χ0n) is 11.6.